The van der Waals surface area contributed by atoms with Gasteiger partial charge in [-0.1, -0.05) is 65.5 Å². The molecule has 0 radical (unpaired) electrons. The lowest BCUT2D eigenvalue weighted by atomic mass is 9.46. The summed E-state index contributed by atoms with van der Waals surface area (Å²) in [6.07, 6.45) is 17.2. The lowest BCUT2D eigenvalue weighted by molar-refractivity contribution is -0.0678. The van der Waals surface area contributed by atoms with Crippen molar-refractivity contribution in [3.8, 4) is 0 Å². The van der Waals surface area contributed by atoms with E-state index in [1.165, 1.54) is 64.2 Å². The van der Waals surface area contributed by atoms with E-state index in [0.29, 0.717) is 10.8 Å². The molecular formula is C28H48O. The van der Waals surface area contributed by atoms with Crippen LogP contribution in [0.4, 0.5) is 0 Å². The molecule has 0 saturated heterocycles. The number of rotatable bonds is 5. The van der Waals surface area contributed by atoms with E-state index in [1.54, 1.807) is 5.57 Å². The van der Waals surface area contributed by atoms with Gasteiger partial charge in [0, 0.05) is 0 Å². The van der Waals surface area contributed by atoms with Crippen LogP contribution in [0.5, 0.6) is 0 Å². The Kier molecular flexibility index (Phi) is 5.81. The highest BCUT2D eigenvalue weighted by Gasteiger charge is 2.59. The van der Waals surface area contributed by atoms with Gasteiger partial charge < -0.3 is 5.11 Å². The maximum absolute atomic E-state index is 10.6. The summed E-state index contributed by atoms with van der Waals surface area (Å²) >= 11 is 0. The first-order valence-electron chi connectivity index (χ1n) is 13.0. The van der Waals surface area contributed by atoms with Crippen LogP contribution in [-0.2, 0) is 0 Å². The second-order valence-electron chi connectivity index (χ2n) is 12.9. The van der Waals surface area contributed by atoms with Gasteiger partial charge >= 0.3 is 0 Å². The van der Waals surface area contributed by atoms with Crippen LogP contribution in [0.15, 0.2) is 11.6 Å². The third-order valence-electron chi connectivity index (χ3n) is 10.6. The first-order valence-corrected chi connectivity index (χ1v) is 13.0. The lowest BCUT2D eigenvalue weighted by Gasteiger charge is -2.59. The molecule has 4 aliphatic rings. The molecule has 1 heteroatoms. The molecule has 8 atom stereocenters. The van der Waals surface area contributed by atoms with Crippen LogP contribution in [0, 0.1) is 46.3 Å². The molecule has 166 valence electrons. The van der Waals surface area contributed by atoms with Gasteiger partial charge in [-0.25, -0.2) is 0 Å². The quantitative estimate of drug-likeness (QED) is 0.467. The number of fused-ring (bicyclic) bond motifs is 5. The summed E-state index contributed by atoms with van der Waals surface area (Å²) in [6, 6.07) is 0. The Hall–Kier alpha value is -0.300. The highest BCUT2D eigenvalue weighted by Crippen LogP contribution is 2.68. The summed E-state index contributed by atoms with van der Waals surface area (Å²) in [5.41, 5.74) is 2.01. The molecule has 4 aliphatic carbocycles. The summed E-state index contributed by atoms with van der Waals surface area (Å²) < 4.78 is 0. The van der Waals surface area contributed by atoms with Crippen molar-refractivity contribution >= 4 is 0 Å². The minimum absolute atomic E-state index is 0.369. The zero-order chi connectivity index (χ0) is 21.0. The van der Waals surface area contributed by atoms with Crippen molar-refractivity contribution in [2.75, 3.05) is 0 Å². The molecular weight excluding hydrogens is 352 g/mol. The Bertz CT molecular complexity index is 630. The number of allylic oxidation sites excluding steroid dienone is 1. The van der Waals surface area contributed by atoms with Crippen molar-refractivity contribution in [2.45, 2.75) is 118 Å². The molecule has 1 nitrogen and oxygen atoms in total. The molecule has 0 unspecified atom stereocenters. The Morgan fingerprint density at radius 1 is 0.931 bits per heavy atom. The van der Waals surface area contributed by atoms with Crippen molar-refractivity contribution in [3.63, 3.8) is 0 Å². The van der Waals surface area contributed by atoms with Crippen molar-refractivity contribution in [2.24, 2.45) is 46.3 Å². The molecule has 0 amide bonds. The van der Waals surface area contributed by atoms with Crippen LogP contribution in [0.3, 0.4) is 0 Å². The largest absolute Gasteiger partial charge is 0.386 e. The fourth-order valence-corrected chi connectivity index (χ4v) is 8.89. The highest BCUT2D eigenvalue weighted by molar-refractivity contribution is 5.27. The van der Waals surface area contributed by atoms with E-state index in [0.717, 1.165) is 41.9 Å². The van der Waals surface area contributed by atoms with Crippen LogP contribution in [0.1, 0.15) is 112 Å². The van der Waals surface area contributed by atoms with Crippen LogP contribution in [-0.4, -0.2) is 10.7 Å². The molecule has 0 aromatic heterocycles. The fourth-order valence-electron chi connectivity index (χ4n) is 8.89. The molecule has 0 aromatic carbocycles. The average molecular weight is 401 g/mol. The summed E-state index contributed by atoms with van der Waals surface area (Å²) in [6.45, 7) is 14.6. The molecule has 0 aliphatic heterocycles. The van der Waals surface area contributed by atoms with Crippen molar-refractivity contribution in [1.82, 2.24) is 0 Å². The summed E-state index contributed by atoms with van der Waals surface area (Å²) in [4.78, 5) is 0. The predicted octanol–water partition coefficient (Wildman–Crippen LogP) is 7.78. The first kappa shape index (κ1) is 21.9. The van der Waals surface area contributed by atoms with Gasteiger partial charge in [-0.05, 0) is 105 Å². The average Bonchev–Trinajstić information content (AvgIpc) is 2.99. The molecule has 0 aromatic rings. The van der Waals surface area contributed by atoms with E-state index >= 15 is 0 Å². The Balaban J connectivity index is 1.50. The zero-order valence-corrected chi connectivity index (χ0v) is 20.3. The summed E-state index contributed by atoms with van der Waals surface area (Å²) in [7, 11) is 0. The van der Waals surface area contributed by atoms with Gasteiger partial charge in [0.2, 0.25) is 0 Å². The van der Waals surface area contributed by atoms with Crippen LogP contribution < -0.4 is 0 Å². The van der Waals surface area contributed by atoms with Gasteiger partial charge in [0.25, 0.3) is 0 Å². The molecule has 3 fully saturated rings. The molecule has 29 heavy (non-hydrogen) atoms. The highest BCUT2D eigenvalue weighted by atomic mass is 16.3. The Morgan fingerprint density at radius 3 is 2.41 bits per heavy atom. The monoisotopic (exact) mass is 400 g/mol. The molecule has 0 spiro atoms. The van der Waals surface area contributed by atoms with E-state index in [2.05, 4.69) is 40.7 Å². The van der Waals surface area contributed by atoms with Crippen molar-refractivity contribution in [3.05, 3.63) is 11.6 Å². The van der Waals surface area contributed by atoms with Gasteiger partial charge in [0.1, 0.15) is 0 Å². The molecule has 1 N–H and O–H groups in total. The molecule has 4 rings (SSSR count). The molecule has 0 heterocycles. The van der Waals surface area contributed by atoms with Crippen molar-refractivity contribution < 1.29 is 5.11 Å². The normalized spacial score (nSPS) is 47.9. The van der Waals surface area contributed by atoms with Gasteiger partial charge in [-0.15, -0.1) is 0 Å². The number of hydrogen-bond acceptors (Lipinski definition) is 1. The second kappa shape index (κ2) is 7.68. The zero-order valence-electron chi connectivity index (χ0n) is 20.3. The maximum Gasteiger partial charge on any atom is 0.0802 e. The minimum Gasteiger partial charge on any atom is -0.386 e. The predicted molar refractivity (Wildman–Crippen MR) is 124 cm³/mol. The van der Waals surface area contributed by atoms with E-state index in [-0.39, 0.29) is 0 Å². The van der Waals surface area contributed by atoms with Crippen LogP contribution >= 0.6 is 0 Å². The smallest absolute Gasteiger partial charge is 0.0802 e. The Labute approximate surface area is 181 Å². The number of hydrogen-bond donors (Lipinski definition) is 1. The summed E-state index contributed by atoms with van der Waals surface area (Å²) in [5, 5.41) is 10.6. The van der Waals surface area contributed by atoms with E-state index < -0.39 is 5.60 Å². The Morgan fingerprint density at radius 2 is 1.69 bits per heavy atom. The van der Waals surface area contributed by atoms with Crippen molar-refractivity contribution in [1.29, 1.82) is 0 Å². The molecule has 3 saturated carbocycles. The van der Waals surface area contributed by atoms with Gasteiger partial charge in [-0.3, -0.25) is 0 Å². The van der Waals surface area contributed by atoms with Gasteiger partial charge in [0.15, 0.2) is 0 Å². The van der Waals surface area contributed by atoms with E-state index in [4.69, 9.17) is 0 Å². The lowest BCUT2D eigenvalue weighted by Crippen LogP contribution is -2.51. The second-order valence-corrected chi connectivity index (χ2v) is 12.9. The molecule has 0 bridgehead atoms. The van der Waals surface area contributed by atoms with E-state index in [9.17, 15) is 5.11 Å². The minimum atomic E-state index is -0.561. The SMILES string of the molecule is CC(C)CCC[C@@H](C)[C@H]1CC[C@H]2[C@@H]3CCC4=C[C@@](C)(O)CC[C@]4(C)[C@H]3CC[C@]12C. The van der Waals surface area contributed by atoms with Gasteiger partial charge in [0.05, 0.1) is 5.60 Å². The third-order valence-corrected chi connectivity index (χ3v) is 10.6. The topological polar surface area (TPSA) is 20.2 Å². The standard InChI is InChI=1S/C28H48O/c1-19(2)8-7-9-20(3)23-12-13-24-22-11-10-21-18-26(4,29)16-17-27(21,5)25(22)14-15-28(23,24)6/h18-20,22-25,29H,7-17H2,1-6H3/t20-,22+,23-,24+,25+,26+,27+,28-/m1/s1. The van der Waals surface area contributed by atoms with Crippen LogP contribution in [0.2, 0.25) is 0 Å². The first-order chi connectivity index (χ1) is 13.6. The van der Waals surface area contributed by atoms with Gasteiger partial charge in [-0.2, -0.15) is 0 Å². The maximum atomic E-state index is 10.6. The fraction of sp³-hybridized carbons (Fsp3) is 0.929. The summed E-state index contributed by atoms with van der Waals surface area (Å²) in [5.74, 6) is 5.47. The number of aliphatic hydroxyl groups is 1. The van der Waals surface area contributed by atoms with E-state index in [1.807, 2.05) is 6.92 Å². The third kappa shape index (κ3) is 3.77. The van der Waals surface area contributed by atoms with Crippen LogP contribution in [0.25, 0.3) is 0 Å².